The van der Waals surface area contributed by atoms with Crippen molar-refractivity contribution in [3.63, 3.8) is 0 Å². The van der Waals surface area contributed by atoms with Gasteiger partial charge >= 0.3 is 5.97 Å². The lowest BCUT2D eigenvalue weighted by atomic mass is 10.1. The predicted octanol–water partition coefficient (Wildman–Crippen LogP) is 1.55. The largest absolute Gasteiger partial charge is 0.477 e. The summed E-state index contributed by atoms with van der Waals surface area (Å²) in [6.45, 7) is 9.13. The number of aromatic carboxylic acids is 1. The van der Waals surface area contributed by atoms with Gasteiger partial charge in [0, 0.05) is 25.6 Å². The van der Waals surface area contributed by atoms with Gasteiger partial charge in [-0.2, -0.15) is 0 Å². The molecule has 0 amide bonds. The van der Waals surface area contributed by atoms with Crippen molar-refractivity contribution in [1.29, 1.82) is 0 Å². The van der Waals surface area contributed by atoms with Gasteiger partial charge in [-0.1, -0.05) is 6.92 Å². The number of aromatic nitrogens is 1. The number of rotatable bonds is 4. The SMILES string of the molecule is Cc1nc(C(C)CN2CCCNCC2)sc1C(=O)O. The maximum atomic E-state index is 11.0. The molecule has 1 atom stereocenters. The van der Waals surface area contributed by atoms with Crippen LogP contribution in [0.3, 0.4) is 0 Å². The summed E-state index contributed by atoms with van der Waals surface area (Å²) in [4.78, 5) is 18.3. The molecule has 0 radical (unpaired) electrons. The molecular formula is C13H21N3O2S. The van der Waals surface area contributed by atoms with Crippen molar-refractivity contribution in [1.82, 2.24) is 15.2 Å². The van der Waals surface area contributed by atoms with Crippen molar-refractivity contribution in [2.24, 2.45) is 0 Å². The Labute approximate surface area is 117 Å². The molecule has 0 saturated carbocycles. The Bertz CT molecular complexity index is 439. The molecule has 1 aromatic rings. The van der Waals surface area contributed by atoms with Crippen molar-refractivity contribution in [2.45, 2.75) is 26.2 Å². The second-order valence-electron chi connectivity index (χ2n) is 5.08. The number of carbonyl (C=O) groups is 1. The molecule has 2 heterocycles. The monoisotopic (exact) mass is 283 g/mol. The molecule has 2 N–H and O–H groups in total. The van der Waals surface area contributed by atoms with Crippen LogP contribution >= 0.6 is 11.3 Å². The topological polar surface area (TPSA) is 65.5 Å². The van der Waals surface area contributed by atoms with E-state index < -0.39 is 5.97 Å². The Kier molecular flexibility index (Phi) is 4.90. The Balaban J connectivity index is 2.00. The molecule has 106 valence electrons. The third kappa shape index (κ3) is 3.75. The van der Waals surface area contributed by atoms with Crippen molar-refractivity contribution in [2.75, 3.05) is 32.7 Å². The molecule has 1 aliphatic heterocycles. The average Bonchev–Trinajstić information content (AvgIpc) is 2.58. The van der Waals surface area contributed by atoms with E-state index in [2.05, 4.69) is 22.1 Å². The molecule has 0 aliphatic carbocycles. The van der Waals surface area contributed by atoms with Gasteiger partial charge in [0.05, 0.1) is 10.7 Å². The van der Waals surface area contributed by atoms with Crippen LogP contribution in [0.25, 0.3) is 0 Å². The Morgan fingerprint density at radius 2 is 2.32 bits per heavy atom. The molecule has 0 bridgehead atoms. The number of hydrogen-bond acceptors (Lipinski definition) is 5. The van der Waals surface area contributed by atoms with Gasteiger partial charge in [0.1, 0.15) is 4.88 Å². The highest BCUT2D eigenvalue weighted by Gasteiger charge is 2.20. The van der Waals surface area contributed by atoms with Gasteiger partial charge < -0.3 is 15.3 Å². The summed E-state index contributed by atoms with van der Waals surface area (Å²) < 4.78 is 0. The zero-order valence-corrected chi connectivity index (χ0v) is 12.3. The molecule has 0 spiro atoms. The fourth-order valence-electron chi connectivity index (χ4n) is 2.38. The number of nitrogens with zero attached hydrogens (tertiary/aromatic N) is 2. The molecule has 0 aromatic carbocycles. The quantitative estimate of drug-likeness (QED) is 0.877. The van der Waals surface area contributed by atoms with E-state index in [4.69, 9.17) is 5.11 Å². The first-order valence-corrected chi connectivity index (χ1v) is 7.53. The summed E-state index contributed by atoms with van der Waals surface area (Å²) >= 11 is 1.32. The second-order valence-corrected chi connectivity index (χ2v) is 6.11. The minimum Gasteiger partial charge on any atom is -0.477 e. The van der Waals surface area contributed by atoms with Crippen LogP contribution in [-0.4, -0.2) is 53.7 Å². The van der Waals surface area contributed by atoms with E-state index in [1.165, 1.54) is 17.8 Å². The third-order valence-corrected chi connectivity index (χ3v) is 4.77. The van der Waals surface area contributed by atoms with Gasteiger partial charge in [-0.15, -0.1) is 11.3 Å². The third-order valence-electron chi connectivity index (χ3n) is 3.39. The van der Waals surface area contributed by atoms with Crippen molar-refractivity contribution >= 4 is 17.3 Å². The summed E-state index contributed by atoms with van der Waals surface area (Å²) in [7, 11) is 0. The van der Waals surface area contributed by atoms with E-state index in [0.29, 0.717) is 10.6 Å². The van der Waals surface area contributed by atoms with Crippen molar-refractivity contribution < 1.29 is 9.90 Å². The van der Waals surface area contributed by atoms with Crippen LogP contribution in [-0.2, 0) is 0 Å². The fraction of sp³-hybridized carbons (Fsp3) is 0.692. The van der Waals surface area contributed by atoms with Crippen LogP contribution in [0, 0.1) is 6.92 Å². The molecule has 1 unspecified atom stereocenters. The van der Waals surface area contributed by atoms with E-state index in [9.17, 15) is 4.79 Å². The highest BCUT2D eigenvalue weighted by Crippen LogP contribution is 2.25. The van der Waals surface area contributed by atoms with E-state index in [0.717, 1.165) is 37.7 Å². The second kappa shape index (κ2) is 6.45. The fourth-order valence-corrected chi connectivity index (χ4v) is 3.32. The van der Waals surface area contributed by atoms with Crippen LogP contribution < -0.4 is 5.32 Å². The first-order chi connectivity index (χ1) is 9.08. The Hall–Kier alpha value is -0.980. The zero-order valence-electron chi connectivity index (χ0n) is 11.5. The summed E-state index contributed by atoms with van der Waals surface area (Å²) in [5, 5.41) is 13.4. The highest BCUT2D eigenvalue weighted by molar-refractivity contribution is 7.13. The van der Waals surface area contributed by atoms with E-state index in [1.807, 2.05) is 0 Å². The van der Waals surface area contributed by atoms with Crippen LogP contribution in [0.1, 0.15) is 39.6 Å². The number of carboxylic acids is 1. The smallest absolute Gasteiger partial charge is 0.347 e. The van der Waals surface area contributed by atoms with Crippen LogP contribution in [0.2, 0.25) is 0 Å². The number of hydrogen-bond donors (Lipinski definition) is 2. The van der Waals surface area contributed by atoms with Crippen LogP contribution in [0.5, 0.6) is 0 Å². The summed E-state index contributed by atoms with van der Waals surface area (Å²) in [6.07, 6.45) is 1.17. The maximum absolute atomic E-state index is 11.0. The molecule has 2 rings (SSSR count). The highest BCUT2D eigenvalue weighted by atomic mass is 32.1. The van der Waals surface area contributed by atoms with E-state index in [1.54, 1.807) is 6.92 Å². The normalized spacial score (nSPS) is 19.1. The molecule has 6 heteroatoms. The minimum absolute atomic E-state index is 0.287. The molecular weight excluding hydrogens is 262 g/mol. The van der Waals surface area contributed by atoms with Crippen LogP contribution in [0.15, 0.2) is 0 Å². The molecule has 1 fully saturated rings. The Morgan fingerprint density at radius 1 is 1.53 bits per heavy atom. The first kappa shape index (κ1) is 14.4. The number of thiazole rings is 1. The van der Waals surface area contributed by atoms with Crippen LogP contribution in [0.4, 0.5) is 0 Å². The minimum atomic E-state index is -0.868. The first-order valence-electron chi connectivity index (χ1n) is 6.71. The number of carboxylic acid groups (broad SMARTS) is 1. The molecule has 1 saturated heterocycles. The molecule has 1 aromatic heterocycles. The standard InChI is InChI=1S/C13H21N3O2S/c1-9(8-16-6-3-4-14-5-7-16)12-15-10(2)11(19-12)13(17)18/h9,14H,3-8H2,1-2H3,(H,17,18). The van der Waals surface area contributed by atoms with Crippen molar-refractivity contribution in [3.05, 3.63) is 15.6 Å². The van der Waals surface area contributed by atoms with Gasteiger partial charge in [0.25, 0.3) is 0 Å². The zero-order chi connectivity index (χ0) is 13.8. The van der Waals surface area contributed by atoms with E-state index >= 15 is 0 Å². The molecule has 5 nitrogen and oxygen atoms in total. The Morgan fingerprint density at radius 3 is 3.00 bits per heavy atom. The van der Waals surface area contributed by atoms with Gasteiger partial charge in [-0.3, -0.25) is 0 Å². The maximum Gasteiger partial charge on any atom is 0.347 e. The number of nitrogens with one attached hydrogen (secondary N) is 1. The van der Waals surface area contributed by atoms with Gasteiger partial charge in [-0.25, -0.2) is 9.78 Å². The lowest BCUT2D eigenvalue weighted by Crippen LogP contribution is -2.31. The van der Waals surface area contributed by atoms with Gasteiger partial charge in [0.2, 0.25) is 0 Å². The lowest BCUT2D eigenvalue weighted by molar-refractivity contribution is 0.0701. The number of aryl methyl sites for hydroxylation is 1. The lowest BCUT2D eigenvalue weighted by Gasteiger charge is -2.22. The molecule has 1 aliphatic rings. The average molecular weight is 283 g/mol. The van der Waals surface area contributed by atoms with Gasteiger partial charge in [-0.05, 0) is 26.4 Å². The van der Waals surface area contributed by atoms with Crippen molar-refractivity contribution in [3.8, 4) is 0 Å². The summed E-state index contributed by atoms with van der Waals surface area (Å²) in [5.74, 6) is -0.581. The predicted molar refractivity (Wildman–Crippen MR) is 76.2 cm³/mol. The van der Waals surface area contributed by atoms with E-state index in [-0.39, 0.29) is 5.92 Å². The molecule has 19 heavy (non-hydrogen) atoms. The van der Waals surface area contributed by atoms with Gasteiger partial charge in [0.15, 0.2) is 0 Å². The summed E-state index contributed by atoms with van der Waals surface area (Å²) in [5.41, 5.74) is 0.636. The summed E-state index contributed by atoms with van der Waals surface area (Å²) in [6, 6.07) is 0.